The predicted octanol–water partition coefficient (Wildman–Crippen LogP) is 3.37. The molecule has 0 aromatic rings. The number of rotatable bonds is 3. The fraction of sp³-hybridized carbons (Fsp3) is 1.00. The molecule has 1 fully saturated rings. The molecule has 12 heavy (non-hydrogen) atoms. The highest BCUT2D eigenvalue weighted by Crippen LogP contribution is 2.30. The van der Waals surface area contributed by atoms with Gasteiger partial charge in [0.25, 0.3) is 0 Å². The lowest BCUT2D eigenvalue weighted by Crippen LogP contribution is -2.14. The van der Waals surface area contributed by atoms with Crippen LogP contribution in [0.2, 0.25) is 0 Å². The molecule has 0 amide bonds. The third-order valence-corrected chi connectivity index (χ3v) is 3.96. The molecule has 1 aliphatic carbocycles. The molecule has 0 aromatic carbocycles. The quantitative estimate of drug-likeness (QED) is 0.538. The Morgan fingerprint density at radius 3 is 2.75 bits per heavy atom. The topological polar surface area (TPSA) is 9.23 Å². The maximum atomic E-state index is 5.11. The van der Waals surface area contributed by atoms with Gasteiger partial charge < -0.3 is 4.74 Å². The first-order valence-electron chi connectivity index (χ1n) is 4.97. The number of ether oxygens (including phenoxy) is 1. The van der Waals surface area contributed by atoms with Crippen molar-refractivity contribution in [2.75, 3.05) is 13.7 Å². The van der Waals surface area contributed by atoms with E-state index in [1.54, 1.807) is 7.11 Å². The minimum atomic E-state index is 0.746. The maximum Gasteiger partial charge on any atom is 0.0465 e. The van der Waals surface area contributed by atoms with Crippen molar-refractivity contribution in [2.45, 2.75) is 43.4 Å². The first-order valence-corrected chi connectivity index (χ1v) is 5.89. The minimum Gasteiger partial charge on any atom is -0.385 e. The Hall–Kier alpha value is 0.440. The van der Waals surface area contributed by atoms with E-state index in [0.717, 1.165) is 17.4 Å². The average Bonchev–Trinajstić information content (AvgIpc) is 2.27. The normalized spacial score (nSPS) is 31.5. The summed E-state index contributed by atoms with van der Waals surface area (Å²) in [6, 6.07) is 0. The second kappa shape index (κ2) is 5.98. The molecule has 1 saturated carbocycles. The number of halogens is 1. The van der Waals surface area contributed by atoms with Crippen LogP contribution in [-0.4, -0.2) is 18.5 Å². The molecule has 72 valence electrons. The maximum absolute atomic E-state index is 5.11. The number of hydrogen-bond acceptors (Lipinski definition) is 1. The lowest BCUT2D eigenvalue weighted by Gasteiger charge is -2.18. The first kappa shape index (κ1) is 10.5. The summed E-state index contributed by atoms with van der Waals surface area (Å²) in [4.78, 5) is 0.746. The molecule has 0 bridgehead atoms. The van der Waals surface area contributed by atoms with Crippen LogP contribution in [0.4, 0.5) is 0 Å². The van der Waals surface area contributed by atoms with E-state index in [2.05, 4.69) is 15.9 Å². The lowest BCUT2D eigenvalue weighted by atomic mass is 9.97. The van der Waals surface area contributed by atoms with E-state index in [-0.39, 0.29) is 0 Å². The van der Waals surface area contributed by atoms with Gasteiger partial charge in [0.1, 0.15) is 0 Å². The largest absolute Gasteiger partial charge is 0.385 e. The summed E-state index contributed by atoms with van der Waals surface area (Å²) >= 11 is 3.78. The van der Waals surface area contributed by atoms with Crippen LogP contribution >= 0.6 is 15.9 Å². The van der Waals surface area contributed by atoms with Crippen LogP contribution in [0.15, 0.2) is 0 Å². The molecule has 0 spiro atoms. The second-order valence-electron chi connectivity index (χ2n) is 3.70. The van der Waals surface area contributed by atoms with Crippen molar-refractivity contribution in [3.8, 4) is 0 Å². The fourth-order valence-corrected chi connectivity index (χ4v) is 2.79. The smallest absolute Gasteiger partial charge is 0.0465 e. The van der Waals surface area contributed by atoms with Gasteiger partial charge in [-0.05, 0) is 25.2 Å². The van der Waals surface area contributed by atoms with Crippen molar-refractivity contribution in [3.63, 3.8) is 0 Å². The van der Waals surface area contributed by atoms with E-state index in [1.165, 1.54) is 38.5 Å². The van der Waals surface area contributed by atoms with Crippen LogP contribution in [0.1, 0.15) is 38.5 Å². The molecule has 0 saturated heterocycles. The standard InChI is InChI=1S/C10H19BrO/c1-12-8-7-9-5-3-2-4-6-10(9)11/h9-10H,2-8H2,1H3. The molecule has 0 aliphatic heterocycles. The zero-order chi connectivity index (χ0) is 8.81. The monoisotopic (exact) mass is 234 g/mol. The Labute approximate surface area is 84.0 Å². The van der Waals surface area contributed by atoms with Crippen molar-refractivity contribution in [1.82, 2.24) is 0 Å². The molecule has 0 radical (unpaired) electrons. The summed E-state index contributed by atoms with van der Waals surface area (Å²) in [5.41, 5.74) is 0. The zero-order valence-corrected chi connectivity index (χ0v) is 9.48. The predicted molar refractivity (Wildman–Crippen MR) is 55.8 cm³/mol. The van der Waals surface area contributed by atoms with E-state index in [9.17, 15) is 0 Å². The molecule has 2 atom stereocenters. The summed E-state index contributed by atoms with van der Waals surface area (Å²) in [5.74, 6) is 0.854. The first-order chi connectivity index (χ1) is 5.84. The van der Waals surface area contributed by atoms with Gasteiger partial charge in [0, 0.05) is 18.5 Å². The van der Waals surface area contributed by atoms with Gasteiger partial charge >= 0.3 is 0 Å². The summed E-state index contributed by atoms with van der Waals surface area (Å²) < 4.78 is 5.11. The highest BCUT2D eigenvalue weighted by molar-refractivity contribution is 9.09. The molecular formula is C10H19BrO. The van der Waals surface area contributed by atoms with Crippen LogP contribution in [0.25, 0.3) is 0 Å². The van der Waals surface area contributed by atoms with Gasteiger partial charge in [0.2, 0.25) is 0 Å². The van der Waals surface area contributed by atoms with Crippen molar-refractivity contribution in [1.29, 1.82) is 0 Å². The third-order valence-electron chi connectivity index (χ3n) is 2.76. The zero-order valence-electron chi connectivity index (χ0n) is 7.89. The van der Waals surface area contributed by atoms with Crippen LogP contribution in [0, 0.1) is 5.92 Å². The van der Waals surface area contributed by atoms with Crippen LogP contribution in [0.3, 0.4) is 0 Å². The van der Waals surface area contributed by atoms with Gasteiger partial charge in [0.15, 0.2) is 0 Å². The second-order valence-corrected chi connectivity index (χ2v) is 4.87. The summed E-state index contributed by atoms with van der Waals surface area (Å²) in [6.45, 7) is 0.923. The highest BCUT2D eigenvalue weighted by atomic mass is 79.9. The third kappa shape index (κ3) is 3.44. The molecule has 0 N–H and O–H groups in total. The molecule has 1 rings (SSSR count). The van der Waals surface area contributed by atoms with Crippen LogP contribution < -0.4 is 0 Å². The Kier molecular flexibility index (Phi) is 5.24. The lowest BCUT2D eigenvalue weighted by molar-refractivity contribution is 0.175. The minimum absolute atomic E-state index is 0.746. The van der Waals surface area contributed by atoms with E-state index in [4.69, 9.17) is 4.74 Å². The van der Waals surface area contributed by atoms with Gasteiger partial charge in [-0.15, -0.1) is 0 Å². The number of hydrogen-bond donors (Lipinski definition) is 0. The number of alkyl halides is 1. The van der Waals surface area contributed by atoms with E-state index in [1.807, 2.05) is 0 Å². The molecule has 2 unspecified atom stereocenters. The van der Waals surface area contributed by atoms with Gasteiger partial charge in [-0.2, -0.15) is 0 Å². The van der Waals surface area contributed by atoms with Gasteiger partial charge in [-0.3, -0.25) is 0 Å². The van der Waals surface area contributed by atoms with Crippen molar-refractivity contribution < 1.29 is 4.74 Å². The van der Waals surface area contributed by atoms with Crippen molar-refractivity contribution in [2.24, 2.45) is 5.92 Å². The summed E-state index contributed by atoms with van der Waals surface area (Å²) in [6.07, 6.45) is 8.21. The van der Waals surface area contributed by atoms with Crippen molar-refractivity contribution >= 4 is 15.9 Å². The Bertz CT molecular complexity index is 116. The summed E-state index contributed by atoms with van der Waals surface area (Å²) in [7, 11) is 1.79. The van der Waals surface area contributed by atoms with Crippen LogP contribution in [0.5, 0.6) is 0 Å². The molecule has 1 nitrogen and oxygen atoms in total. The molecule has 1 aliphatic rings. The van der Waals surface area contributed by atoms with E-state index < -0.39 is 0 Å². The summed E-state index contributed by atoms with van der Waals surface area (Å²) in [5, 5.41) is 0. The molecule has 0 aromatic heterocycles. The average molecular weight is 235 g/mol. The molecule has 0 heterocycles. The Balaban J connectivity index is 2.26. The van der Waals surface area contributed by atoms with E-state index in [0.29, 0.717) is 0 Å². The Morgan fingerprint density at radius 2 is 2.00 bits per heavy atom. The van der Waals surface area contributed by atoms with Gasteiger partial charge in [0.05, 0.1) is 0 Å². The molecular weight excluding hydrogens is 216 g/mol. The van der Waals surface area contributed by atoms with Crippen molar-refractivity contribution in [3.05, 3.63) is 0 Å². The highest BCUT2D eigenvalue weighted by Gasteiger charge is 2.20. The Morgan fingerprint density at radius 1 is 1.25 bits per heavy atom. The van der Waals surface area contributed by atoms with Gasteiger partial charge in [-0.1, -0.05) is 35.2 Å². The van der Waals surface area contributed by atoms with E-state index >= 15 is 0 Å². The SMILES string of the molecule is COCCC1CCCCCC1Br. The van der Waals surface area contributed by atoms with Gasteiger partial charge in [-0.25, -0.2) is 0 Å². The molecule has 2 heteroatoms. The fourth-order valence-electron chi connectivity index (χ4n) is 1.93. The van der Waals surface area contributed by atoms with Crippen LogP contribution in [-0.2, 0) is 4.74 Å². The number of methoxy groups -OCH3 is 1.